The van der Waals surface area contributed by atoms with Crippen LogP contribution in [0, 0.1) is 0 Å². The van der Waals surface area contributed by atoms with Gasteiger partial charge in [0.05, 0.1) is 11.3 Å². The van der Waals surface area contributed by atoms with Crippen LogP contribution in [0.2, 0.25) is 0 Å². The van der Waals surface area contributed by atoms with E-state index in [4.69, 9.17) is 0 Å². The maximum Gasteiger partial charge on any atom is 0.313 e. The fraction of sp³-hybridized carbons (Fsp3) is 0. The van der Waals surface area contributed by atoms with Crippen molar-refractivity contribution in [2.75, 3.05) is 0 Å². The molecule has 0 N–H and O–H groups in total. The molecule has 0 spiro atoms. The molecule has 0 aliphatic rings. The van der Waals surface area contributed by atoms with E-state index in [0.29, 0.717) is 0 Å². The van der Waals surface area contributed by atoms with Crippen molar-refractivity contribution in [3.8, 4) is 22.2 Å². The van der Waals surface area contributed by atoms with Gasteiger partial charge in [-0.25, -0.2) is 0 Å². The van der Waals surface area contributed by atoms with Crippen molar-refractivity contribution < 1.29 is 21.7 Å². The van der Waals surface area contributed by atoms with Crippen molar-refractivity contribution in [1.29, 1.82) is 0 Å². The Morgan fingerprint density at radius 2 is 1.61 bits per heavy atom. The summed E-state index contributed by atoms with van der Waals surface area (Å²) in [5.74, 6) is 0.763. The molecule has 2 aromatic heterocycles. The van der Waals surface area contributed by atoms with Crippen LogP contribution in [0.4, 0.5) is 0 Å². The molecule has 4 rings (SSSR count). The molecule has 0 aliphatic carbocycles. The van der Waals surface area contributed by atoms with Gasteiger partial charge in [-0.3, -0.25) is 0 Å². The molecule has 0 saturated heterocycles. The monoisotopic (exact) mass is 385 g/mol. The van der Waals surface area contributed by atoms with Gasteiger partial charge in [-0.05, 0) is 29.1 Å². The van der Waals surface area contributed by atoms with Crippen LogP contribution in [0.15, 0.2) is 72.2 Å². The van der Waals surface area contributed by atoms with E-state index in [1.165, 1.54) is 0 Å². The van der Waals surface area contributed by atoms with Crippen LogP contribution < -0.4 is 21.7 Å². The molecule has 0 atom stereocenters. The summed E-state index contributed by atoms with van der Waals surface area (Å²) < 4.78 is 1.93. The Kier molecular flexibility index (Phi) is 4.59. The first-order chi connectivity index (χ1) is 10.9. The van der Waals surface area contributed by atoms with Crippen molar-refractivity contribution in [3.63, 3.8) is 0 Å². The predicted octanol–water partition coefficient (Wildman–Crippen LogP) is -0.328. The maximum absolute atomic E-state index is 4.41. The lowest BCUT2D eigenvalue weighted by molar-refractivity contribution is -0.669. The summed E-state index contributed by atoms with van der Waals surface area (Å²) in [6.07, 6.45) is 1.78. The molecule has 114 valence electrons. The summed E-state index contributed by atoms with van der Waals surface area (Å²) in [4.78, 5) is 6.18. The number of tetrazole rings is 1. The highest BCUT2D eigenvalue weighted by molar-refractivity contribution is 7.11. The lowest BCUT2D eigenvalue weighted by Gasteiger charge is -2.02. The summed E-state index contributed by atoms with van der Waals surface area (Å²) in [6.45, 7) is 0. The Hall–Kier alpha value is -2.38. The fourth-order valence-electron chi connectivity index (χ4n) is 2.24. The number of hydrogen-bond donors (Lipinski definition) is 0. The van der Waals surface area contributed by atoms with E-state index in [-0.39, 0.29) is 17.0 Å². The number of aromatic nitrogens is 5. The molecule has 0 bridgehead atoms. The minimum atomic E-state index is 0. The van der Waals surface area contributed by atoms with Gasteiger partial charge < -0.3 is 17.0 Å². The van der Waals surface area contributed by atoms with Crippen LogP contribution in [0.3, 0.4) is 0 Å². The number of thiazole rings is 1. The molecule has 2 aromatic carbocycles. The average Bonchev–Trinajstić information content (AvgIpc) is 3.25. The highest BCUT2D eigenvalue weighted by atomic mass is 79.9. The summed E-state index contributed by atoms with van der Waals surface area (Å²) in [5.41, 5.74) is 1.94. The second-order valence-electron chi connectivity index (χ2n) is 4.63. The van der Waals surface area contributed by atoms with Gasteiger partial charge in [0.15, 0.2) is 0 Å². The van der Waals surface area contributed by atoms with Crippen molar-refractivity contribution in [1.82, 2.24) is 20.1 Å². The molecule has 0 fully saturated rings. The molecular formula is C16H12BrN5S. The molecule has 0 amide bonds. The topological polar surface area (TPSA) is 47.5 Å². The second-order valence-corrected chi connectivity index (χ2v) is 5.50. The lowest BCUT2D eigenvalue weighted by Crippen LogP contribution is -3.00. The van der Waals surface area contributed by atoms with Gasteiger partial charge in [-0.15, -0.1) is 4.98 Å². The van der Waals surface area contributed by atoms with E-state index in [2.05, 4.69) is 15.3 Å². The number of halogens is 1. The van der Waals surface area contributed by atoms with Crippen LogP contribution in [0.25, 0.3) is 22.2 Å². The van der Waals surface area contributed by atoms with Crippen molar-refractivity contribution >= 4 is 11.3 Å². The molecule has 23 heavy (non-hydrogen) atoms. The van der Waals surface area contributed by atoms with E-state index >= 15 is 0 Å². The Balaban J connectivity index is 0.00000156. The molecule has 4 aromatic rings. The van der Waals surface area contributed by atoms with Gasteiger partial charge in [0.1, 0.15) is 10.9 Å². The van der Waals surface area contributed by atoms with Gasteiger partial charge in [0.2, 0.25) is 0 Å². The Morgan fingerprint density at radius 1 is 0.913 bits per heavy atom. The number of nitrogens with zero attached hydrogens (tertiary/aromatic N) is 5. The van der Waals surface area contributed by atoms with Crippen LogP contribution in [-0.4, -0.2) is 20.1 Å². The maximum atomic E-state index is 4.41. The Bertz CT molecular complexity index is 819. The van der Waals surface area contributed by atoms with Crippen LogP contribution in [0.5, 0.6) is 0 Å². The first-order valence-electron chi connectivity index (χ1n) is 6.82. The minimum Gasteiger partial charge on any atom is -1.00 e. The summed E-state index contributed by atoms with van der Waals surface area (Å²) in [5, 5.41) is 11.4. The van der Waals surface area contributed by atoms with Crippen LogP contribution >= 0.6 is 11.3 Å². The van der Waals surface area contributed by atoms with Crippen molar-refractivity contribution in [2.45, 2.75) is 0 Å². The summed E-state index contributed by atoms with van der Waals surface area (Å²) in [7, 11) is 0. The van der Waals surface area contributed by atoms with E-state index in [0.717, 1.165) is 22.2 Å². The third-order valence-corrected chi connectivity index (χ3v) is 3.98. The standard InChI is InChI=1S/C16H12N5S.BrH/c1-3-7-13(8-4-1)15-18-19-21(14-9-5-2-6-10-14)20(15)16-17-11-12-22-16;/h1-12H;1H/q+1;/p-1. The predicted molar refractivity (Wildman–Crippen MR) is 84.0 cm³/mol. The number of hydrogen-bond acceptors (Lipinski definition) is 4. The molecule has 0 aliphatic heterocycles. The SMILES string of the molecule is [Br-].c1ccc(-c2nnn(-c3ccccc3)[n+]2-c2nccs2)cc1. The first kappa shape index (κ1) is 15.5. The third kappa shape index (κ3) is 2.93. The van der Waals surface area contributed by atoms with Gasteiger partial charge in [0.25, 0.3) is 0 Å². The zero-order valence-corrected chi connectivity index (χ0v) is 14.4. The Labute approximate surface area is 147 Å². The third-order valence-electron chi connectivity index (χ3n) is 3.23. The average molecular weight is 386 g/mol. The number of para-hydroxylation sites is 1. The van der Waals surface area contributed by atoms with Gasteiger partial charge >= 0.3 is 11.0 Å². The second kappa shape index (κ2) is 6.80. The number of rotatable bonds is 3. The molecule has 0 radical (unpaired) electrons. The smallest absolute Gasteiger partial charge is 0.313 e. The molecule has 0 saturated carbocycles. The van der Waals surface area contributed by atoms with Gasteiger partial charge in [-0.1, -0.05) is 52.4 Å². The Morgan fingerprint density at radius 3 is 2.26 bits per heavy atom. The molecule has 0 unspecified atom stereocenters. The van der Waals surface area contributed by atoms with E-state index < -0.39 is 0 Å². The fourth-order valence-corrected chi connectivity index (χ4v) is 2.87. The number of benzene rings is 2. The van der Waals surface area contributed by atoms with E-state index in [1.807, 2.05) is 70.7 Å². The van der Waals surface area contributed by atoms with E-state index in [1.54, 1.807) is 22.3 Å². The molecule has 2 heterocycles. The van der Waals surface area contributed by atoms with Crippen molar-refractivity contribution in [2.24, 2.45) is 0 Å². The van der Waals surface area contributed by atoms with Gasteiger partial charge in [0, 0.05) is 10.9 Å². The highest BCUT2D eigenvalue weighted by Gasteiger charge is 2.24. The zero-order valence-electron chi connectivity index (χ0n) is 12.0. The summed E-state index contributed by atoms with van der Waals surface area (Å²) in [6, 6.07) is 19.9. The minimum absolute atomic E-state index is 0. The highest BCUT2D eigenvalue weighted by Crippen LogP contribution is 2.16. The normalized spacial score (nSPS) is 10.3. The van der Waals surface area contributed by atoms with Gasteiger partial charge in [-0.2, -0.15) is 0 Å². The largest absolute Gasteiger partial charge is 1.00 e. The van der Waals surface area contributed by atoms with Crippen LogP contribution in [0.1, 0.15) is 0 Å². The van der Waals surface area contributed by atoms with E-state index in [9.17, 15) is 0 Å². The molecule has 7 heteroatoms. The summed E-state index contributed by atoms with van der Waals surface area (Å²) >= 11 is 1.55. The quantitative estimate of drug-likeness (QED) is 0.453. The zero-order chi connectivity index (χ0) is 14.8. The lowest BCUT2D eigenvalue weighted by atomic mass is 10.2. The molecular weight excluding hydrogens is 374 g/mol. The molecule has 5 nitrogen and oxygen atoms in total. The first-order valence-corrected chi connectivity index (χ1v) is 7.70. The van der Waals surface area contributed by atoms with Crippen LogP contribution in [-0.2, 0) is 0 Å². The van der Waals surface area contributed by atoms with Crippen molar-refractivity contribution in [3.05, 3.63) is 72.2 Å².